The number of amides is 1. The smallest absolute Gasteiger partial charge is 0.330 e. The molecule has 2 heterocycles. The molecule has 0 fully saturated rings. The number of benzene rings is 1. The molecule has 0 bridgehead atoms. The van der Waals surface area contributed by atoms with Gasteiger partial charge in [-0.15, -0.1) is 0 Å². The van der Waals surface area contributed by atoms with Crippen molar-refractivity contribution >= 4 is 29.0 Å². The van der Waals surface area contributed by atoms with Crippen LogP contribution < -0.4 is 31.4 Å². The zero-order valence-corrected chi connectivity index (χ0v) is 18.3. The van der Waals surface area contributed by atoms with Crippen LogP contribution in [0.1, 0.15) is 30.6 Å². The maximum Gasteiger partial charge on any atom is 0.330 e. The van der Waals surface area contributed by atoms with E-state index < -0.39 is 17.2 Å². The Hall–Kier alpha value is -2.98. The van der Waals surface area contributed by atoms with E-state index in [9.17, 15) is 14.4 Å². The maximum atomic E-state index is 13.4. The van der Waals surface area contributed by atoms with Gasteiger partial charge in [0.1, 0.15) is 5.82 Å². The summed E-state index contributed by atoms with van der Waals surface area (Å²) in [6.07, 6.45) is 0.433. The first kappa shape index (κ1) is 22.7. The fraction of sp³-hybridized carbons (Fsp3) is 0.450. The fourth-order valence-electron chi connectivity index (χ4n) is 3.31. The number of carbonyl (C=O) groups excluding carboxylic acids is 1. The van der Waals surface area contributed by atoms with Gasteiger partial charge in [0.2, 0.25) is 6.79 Å². The number of halogens is 1. The number of rotatable bonds is 8. The lowest BCUT2D eigenvalue weighted by molar-refractivity contribution is 0.0982. The Labute approximate surface area is 183 Å². The Bertz CT molecular complexity index is 1090. The number of carbonyl (C=O) groups is 1. The number of hydrogen-bond acceptors (Lipinski definition) is 7. The lowest BCUT2D eigenvalue weighted by Crippen LogP contribution is -2.42. The molecule has 1 aliphatic rings. The third-order valence-corrected chi connectivity index (χ3v) is 4.96. The standard InChI is InChI=1S/C20H25ClN4O6/c1-11(2)9-25-17(22)15(18(26)23-20(25)28)24(5-4-6-29-3)19(27)12-7-13(21)16-14(8-12)30-10-31-16/h7-8,11H,4-6,9-10,22H2,1-3H3,(H,23,26,28). The summed E-state index contributed by atoms with van der Waals surface area (Å²) in [5.41, 5.74) is 4.93. The molecule has 1 aliphatic heterocycles. The predicted octanol–water partition coefficient (Wildman–Crippen LogP) is 1.84. The third-order valence-electron chi connectivity index (χ3n) is 4.68. The molecule has 0 saturated carbocycles. The number of ether oxygens (including phenoxy) is 3. The van der Waals surface area contributed by atoms with Crippen molar-refractivity contribution in [1.29, 1.82) is 0 Å². The number of nitrogen functional groups attached to an aromatic ring is 1. The molecular weight excluding hydrogens is 428 g/mol. The molecule has 3 rings (SSSR count). The quantitative estimate of drug-likeness (QED) is 0.584. The summed E-state index contributed by atoms with van der Waals surface area (Å²) in [7, 11) is 1.54. The van der Waals surface area contributed by atoms with Crippen molar-refractivity contribution in [2.75, 3.05) is 37.7 Å². The van der Waals surface area contributed by atoms with Gasteiger partial charge >= 0.3 is 5.69 Å². The average molecular weight is 453 g/mol. The molecule has 3 N–H and O–H groups in total. The maximum absolute atomic E-state index is 13.4. The molecule has 168 valence electrons. The van der Waals surface area contributed by atoms with Gasteiger partial charge in [0.15, 0.2) is 17.2 Å². The minimum atomic E-state index is -0.750. The van der Waals surface area contributed by atoms with Crippen LogP contribution in [0.25, 0.3) is 0 Å². The van der Waals surface area contributed by atoms with Crippen LogP contribution in [0, 0.1) is 5.92 Å². The van der Waals surface area contributed by atoms with Crippen molar-refractivity contribution in [3.05, 3.63) is 43.6 Å². The Kier molecular flexibility index (Phi) is 6.91. The number of nitrogens with one attached hydrogen (secondary N) is 1. The van der Waals surface area contributed by atoms with E-state index in [1.807, 2.05) is 13.8 Å². The molecule has 31 heavy (non-hydrogen) atoms. The number of aromatic nitrogens is 2. The van der Waals surface area contributed by atoms with Crippen LogP contribution in [-0.4, -0.2) is 42.5 Å². The molecule has 10 nitrogen and oxygen atoms in total. The van der Waals surface area contributed by atoms with E-state index >= 15 is 0 Å². The first-order valence-electron chi connectivity index (χ1n) is 9.77. The zero-order valence-electron chi connectivity index (χ0n) is 17.6. The van der Waals surface area contributed by atoms with Crippen LogP contribution in [0.4, 0.5) is 11.5 Å². The molecular formula is C20H25ClN4O6. The number of anilines is 2. The average Bonchev–Trinajstić information content (AvgIpc) is 3.18. The summed E-state index contributed by atoms with van der Waals surface area (Å²) < 4.78 is 17.0. The normalized spacial score (nSPS) is 12.4. The van der Waals surface area contributed by atoms with Crippen molar-refractivity contribution in [2.24, 2.45) is 5.92 Å². The molecule has 2 aromatic rings. The van der Waals surface area contributed by atoms with Crippen LogP contribution >= 0.6 is 11.6 Å². The molecule has 1 aromatic heterocycles. The van der Waals surface area contributed by atoms with E-state index in [2.05, 4.69) is 4.98 Å². The minimum Gasteiger partial charge on any atom is -0.454 e. The number of H-pyrrole nitrogens is 1. The zero-order chi connectivity index (χ0) is 22.7. The highest BCUT2D eigenvalue weighted by atomic mass is 35.5. The molecule has 0 saturated heterocycles. The number of nitrogens with zero attached hydrogens (tertiary/aromatic N) is 2. The number of aromatic amines is 1. The highest BCUT2D eigenvalue weighted by Crippen LogP contribution is 2.40. The lowest BCUT2D eigenvalue weighted by atomic mass is 10.1. The Morgan fingerprint density at radius 1 is 1.35 bits per heavy atom. The third kappa shape index (κ3) is 4.70. The van der Waals surface area contributed by atoms with Crippen molar-refractivity contribution in [1.82, 2.24) is 9.55 Å². The summed E-state index contributed by atoms with van der Waals surface area (Å²) in [5, 5.41) is 0.210. The van der Waals surface area contributed by atoms with Gasteiger partial charge in [0.05, 0.1) is 5.02 Å². The first-order chi connectivity index (χ1) is 14.7. The second-order valence-corrected chi connectivity index (χ2v) is 7.90. The number of hydrogen-bond donors (Lipinski definition) is 2. The van der Waals surface area contributed by atoms with Crippen molar-refractivity contribution in [3.8, 4) is 11.5 Å². The fourth-order valence-corrected chi connectivity index (χ4v) is 3.58. The molecule has 0 atom stereocenters. The van der Waals surface area contributed by atoms with E-state index in [1.165, 1.54) is 28.7 Å². The van der Waals surface area contributed by atoms with Gasteiger partial charge in [-0.25, -0.2) is 4.79 Å². The van der Waals surface area contributed by atoms with Crippen LogP contribution in [-0.2, 0) is 11.3 Å². The van der Waals surface area contributed by atoms with Gasteiger partial charge in [-0.05, 0) is 24.5 Å². The second-order valence-electron chi connectivity index (χ2n) is 7.49. The van der Waals surface area contributed by atoms with E-state index in [1.54, 1.807) is 0 Å². The molecule has 1 aromatic carbocycles. The van der Waals surface area contributed by atoms with Crippen LogP contribution in [0.3, 0.4) is 0 Å². The molecule has 0 spiro atoms. The lowest BCUT2D eigenvalue weighted by Gasteiger charge is -2.25. The van der Waals surface area contributed by atoms with Crippen LogP contribution in [0.15, 0.2) is 21.7 Å². The summed E-state index contributed by atoms with van der Waals surface area (Å²) in [6, 6.07) is 2.93. The van der Waals surface area contributed by atoms with Crippen molar-refractivity contribution in [3.63, 3.8) is 0 Å². The van der Waals surface area contributed by atoms with E-state index in [0.717, 1.165) is 0 Å². The molecule has 0 unspecified atom stereocenters. The number of fused-ring (bicyclic) bond motifs is 1. The van der Waals surface area contributed by atoms with Gasteiger partial charge in [0.25, 0.3) is 11.5 Å². The van der Waals surface area contributed by atoms with E-state index in [4.69, 9.17) is 31.5 Å². The summed E-state index contributed by atoms with van der Waals surface area (Å²) in [5.74, 6) is 0.165. The van der Waals surface area contributed by atoms with Crippen LogP contribution in [0.5, 0.6) is 11.5 Å². The topological polar surface area (TPSA) is 129 Å². The molecule has 0 aliphatic carbocycles. The van der Waals surface area contributed by atoms with Crippen molar-refractivity contribution < 1.29 is 19.0 Å². The summed E-state index contributed by atoms with van der Waals surface area (Å²) in [4.78, 5) is 42.0. The SMILES string of the molecule is COCCCN(C(=O)c1cc(Cl)c2c(c1)OCO2)c1c(N)n(CC(C)C)c(=O)[nH]c1=O. The highest BCUT2D eigenvalue weighted by molar-refractivity contribution is 6.33. The van der Waals surface area contributed by atoms with Crippen LogP contribution in [0.2, 0.25) is 5.02 Å². The minimum absolute atomic E-state index is 0.00295. The van der Waals surface area contributed by atoms with Gasteiger partial charge in [-0.2, -0.15) is 0 Å². The van der Waals surface area contributed by atoms with Gasteiger partial charge in [0, 0.05) is 32.4 Å². The Balaban J connectivity index is 2.10. The van der Waals surface area contributed by atoms with Gasteiger partial charge in [-0.3, -0.25) is 19.1 Å². The van der Waals surface area contributed by atoms with E-state index in [0.29, 0.717) is 24.5 Å². The largest absolute Gasteiger partial charge is 0.454 e. The Morgan fingerprint density at radius 2 is 2.10 bits per heavy atom. The summed E-state index contributed by atoms with van der Waals surface area (Å²) >= 11 is 6.23. The molecule has 0 radical (unpaired) electrons. The number of nitrogens with two attached hydrogens (primary N) is 1. The van der Waals surface area contributed by atoms with Gasteiger partial charge in [-0.1, -0.05) is 25.4 Å². The first-order valence-corrected chi connectivity index (χ1v) is 10.1. The highest BCUT2D eigenvalue weighted by Gasteiger charge is 2.28. The van der Waals surface area contributed by atoms with E-state index in [-0.39, 0.29) is 47.9 Å². The second kappa shape index (κ2) is 9.44. The summed E-state index contributed by atoms with van der Waals surface area (Å²) in [6.45, 7) is 4.59. The predicted molar refractivity (Wildman–Crippen MR) is 116 cm³/mol. The van der Waals surface area contributed by atoms with Crippen molar-refractivity contribution in [2.45, 2.75) is 26.8 Å². The van der Waals surface area contributed by atoms with Gasteiger partial charge < -0.3 is 24.8 Å². The number of methoxy groups -OCH3 is 1. The Morgan fingerprint density at radius 3 is 2.77 bits per heavy atom. The molecule has 11 heteroatoms. The molecule has 1 amide bonds. The monoisotopic (exact) mass is 452 g/mol.